The van der Waals surface area contributed by atoms with Gasteiger partial charge in [-0.3, -0.25) is 4.72 Å². The van der Waals surface area contributed by atoms with E-state index in [0.717, 1.165) is 30.3 Å². The van der Waals surface area contributed by atoms with E-state index >= 15 is 0 Å². The molecule has 1 aliphatic heterocycles. The molecule has 0 atom stereocenters. The van der Waals surface area contributed by atoms with E-state index < -0.39 is 43.9 Å². The topological polar surface area (TPSA) is 122 Å². The summed E-state index contributed by atoms with van der Waals surface area (Å²) in [6, 6.07) is 9.03. The molecule has 2 aromatic carbocycles. The number of anilines is 4. The molecule has 2 N–H and O–H groups in total. The Labute approximate surface area is 271 Å². The van der Waals surface area contributed by atoms with Crippen molar-refractivity contribution in [3.8, 4) is 21.8 Å². The smallest absolute Gasteiger partial charge is 0.262 e. The Morgan fingerprint density at radius 2 is 1.74 bits per heavy atom. The van der Waals surface area contributed by atoms with Crippen LogP contribution < -0.4 is 14.9 Å². The third kappa shape index (κ3) is 7.03. The van der Waals surface area contributed by atoms with Crippen molar-refractivity contribution >= 4 is 44.5 Å². The number of nitrogens with one attached hydrogen (secondary N) is 2. The first-order valence-corrected chi connectivity index (χ1v) is 16.7. The Morgan fingerprint density at radius 1 is 0.957 bits per heavy atom. The molecule has 1 aliphatic rings. The van der Waals surface area contributed by atoms with Gasteiger partial charge in [-0.05, 0) is 36.4 Å². The normalized spacial score (nSPS) is 13.6. The minimum absolute atomic E-state index is 0.0535. The molecule has 0 radical (unpaired) electrons. The lowest BCUT2D eigenvalue weighted by atomic mass is 10.1. The summed E-state index contributed by atoms with van der Waals surface area (Å²) in [6.07, 6.45) is 2.94. The van der Waals surface area contributed by atoms with Gasteiger partial charge in [-0.15, -0.1) is 11.3 Å². The maximum Gasteiger partial charge on any atom is 0.262 e. The molecule has 244 valence electrons. The molecular weight excluding hydrogens is 659 g/mol. The van der Waals surface area contributed by atoms with E-state index in [1.165, 1.54) is 35.9 Å². The van der Waals surface area contributed by atoms with E-state index in [1.807, 2.05) is 18.6 Å². The first-order chi connectivity index (χ1) is 22.5. The lowest BCUT2D eigenvalue weighted by molar-refractivity contribution is 0.122. The minimum Gasteiger partial charge on any atom is -0.378 e. The number of thiazole rings is 1. The van der Waals surface area contributed by atoms with E-state index in [4.69, 9.17) is 4.74 Å². The summed E-state index contributed by atoms with van der Waals surface area (Å²) in [5.41, 5.74) is 0.272. The van der Waals surface area contributed by atoms with Gasteiger partial charge in [0.25, 0.3) is 10.0 Å². The third-order valence-corrected chi connectivity index (χ3v) is 9.81. The summed E-state index contributed by atoms with van der Waals surface area (Å²) < 4.78 is 91.8. The Balaban J connectivity index is 1.33. The van der Waals surface area contributed by atoms with Gasteiger partial charge in [0.05, 0.1) is 57.0 Å². The highest BCUT2D eigenvalue weighted by Gasteiger charge is 2.24. The molecule has 5 aromatic rings. The zero-order valence-corrected chi connectivity index (χ0v) is 26.6. The molecular formula is C31H27F4N7O3S2. The average Bonchev–Trinajstić information content (AvgIpc) is 3.50. The van der Waals surface area contributed by atoms with Gasteiger partial charge < -0.3 is 15.0 Å². The molecule has 1 fully saturated rings. The summed E-state index contributed by atoms with van der Waals surface area (Å²) in [5.74, 6) is -3.83. The van der Waals surface area contributed by atoms with Crippen LogP contribution in [-0.4, -0.2) is 54.7 Å². The van der Waals surface area contributed by atoms with Crippen molar-refractivity contribution < 1.29 is 30.7 Å². The van der Waals surface area contributed by atoms with Crippen LogP contribution in [-0.2, 0) is 14.8 Å². The average molecular weight is 686 g/mol. The van der Waals surface area contributed by atoms with Crippen LogP contribution in [0.3, 0.4) is 0 Å². The second-order valence-corrected chi connectivity index (χ2v) is 13.5. The number of hydrogen-bond donors (Lipinski definition) is 2. The lowest BCUT2D eigenvalue weighted by Crippen LogP contribution is -2.37. The number of hydrogen-bond acceptors (Lipinski definition) is 10. The first-order valence-electron chi connectivity index (χ1n) is 14.4. The third-order valence-electron chi connectivity index (χ3n) is 7.07. The highest BCUT2D eigenvalue weighted by Crippen LogP contribution is 2.40. The second-order valence-electron chi connectivity index (χ2n) is 10.8. The highest BCUT2D eigenvalue weighted by molar-refractivity contribution is 7.92. The zero-order chi connectivity index (χ0) is 33.3. The summed E-state index contributed by atoms with van der Waals surface area (Å²) in [7, 11) is -4.48. The lowest BCUT2D eigenvalue weighted by Gasteiger charge is -2.28. The van der Waals surface area contributed by atoms with E-state index in [9.17, 15) is 26.0 Å². The molecule has 1 saturated heterocycles. The highest BCUT2D eigenvalue weighted by atomic mass is 32.2. The standard InChI is InChI=1S/C31H27F4N7O3S2/c1-17(2)30-40-27(18-12-22(33)26(35)25(13-18)41-47(43,44)21-5-3-4-19(32)14-21)28(46-30)24-6-7-36-31(39-24)38-20-15-23(34)29(37-16-20)42-8-10-45-11-9-42/h3-7,12-17,41H,8-11H2,1-2H3,(H,36,38,39). The summed E-state index contributed by atoms with van der Waals surface area (Å²) >= 11 is 1.26. The number of rotatable bonds is 9. The Hall–Kier alpha value is -4.67. The van der Waals surface area contributed by atoms with E-state index in [-0.39, 0.29) is 28.9 Å². The van der Waals surface area contributed by atoms with Crippen LogP contribution in [0.4, 0.5) is 40.7 Å². The van der Waals surface area contributed by atoms with Crippen molar-refractivity contribution in [3.63, 3.8) is 0 Å². The Kier molecular flexibility index (Phi) is 9.07. The molecule has 4 heterocycles. The van der Waals surface area contributed by atoms with Gasteiger partial charge in [0.15, 0.2) is 23.3 Å². The first kappa shape index (κ1) is 32.3. The Morgan fingerprint density at radius 3 is 2.47 bits per heavy atom. The van der Waals surface area contributed by atoms with Crippen molar-refractivity contribution in [2.75, 3.05) is 41.2 Å². The maximum atomic E-state index is 15.0. The molecule has 0 bridgehead atoms. The van der Waals surface area contributed by atoms with Crippen molar-refractivity contribution in [2.24, 2.45) is 0 Å². The summed E-state index contributed by atoms with van der Waals surface area (Å²) in [4.78, 5) is 19.5. The van der Waals surface area contributed by atoms with Crippen LogP contribution in [0.15, 0.2) is 65.8 Å². The molecule has 0 saturated carbocycles. The van der Waals surface area contributed by atoms with E-state index in [2.05, 4.69) is 25.3 Å². The number of aromatic nitrogens is 4. The molecule has 16 heteroatoms. The van der Waals surface area contributed by atoms with E-state index in [0.29, 0.717) is 47.6 Å². The second kappa shape index (κ2) is 13.2. The van der Waals surface area contributed by atoms with Crippen molar-refractivity contribution in [1.82, 2.24) is 19.9 Å². The molecule has 0 aliphatic carbocycles. The quantitative estimate of drug-likeness (QED) is 0.163. The van der Waals surface area contributed by atoms with Gasteiger partial charge in [-0.1, -0.05) is 19.9 Å². The SMILES string of the molecule is CC(C)c1nc(-c2cc(F)c(F)c(NS(=O)(=O)c3cccc(F)c3)c2)c(-c2ccnc(Nc3cnc(N4CCOCC4)c(F)c3)n2)s1. The molecule has 6 rings (SSSR count). The van der Waals surface area contributed by atoms with Gasteiger partial charge in [-0.25, -0.2) is 45.9 Å². The fourth-order valence-electron chi connectivity index (χ4n) is 4.77. The number of sulfonamides is 1. The molecule has 10 nitrogen and oxygen atoms in total. The minimum atomic E-state index is -4.48. The van der Waals surface area contributed by atoms with Crippen molar-refractivity contribution in [1.29, 1.82) is 0 Å². The van der Waals surface area contributed by atoms with Crippen LogP contribution in [0.2, 0.25) is 0 Å². The number of benzene rings is 2. The number of nitrogens with zero attached hydrogens (tertiary/aromatic N) is 5. The zero-order valence-electron chi connectivity index (χ0n) is 25.0. The largest absolute Gasteiger partial charge is 0.378 e. The fraction of sp³-hybridized carbons (Fsp3) is 0.226. The number of ether oxygens (including phenoxy) is 1. The van der Waals surface area contributed by atoms with Crippen LogP contribution in [0.1, 0.15) is 24.8 Å². The predicted molar refractivity (Wildman–Crippen MR) is 170 cm³/mol. The number of halogens is 4. The molecule has 0 spiro atoms. The van der Waals surface area contributed by atoms with Gasteiger partial charge >= 0.3 is 0 Å². The number of pyridine rings is 1. The van der Waals surface area contributed by atoms with E-state index in [1.54, 1.807) is 11.0 Å². The fourth-order valence-corrected chi connectivity index (χ4v) is 6.91. The van der Waals surface area contributed by atoms with Gasteiger partial charge in [0, 0.05) is 36.8 Å². The maximum absolute atomic E-state index is 15.0. The number of morpholine rings is 1. The molecule has 47 heavy (non-hydrogen) atoms. The Bertz CT molecular complexity index is 2060. The van der Waals surface area contributed by atoms with Crippen molar-refractivity contribution in [2.45, 2.75) is 24.7 Å². The van der Waals surface area contributed by atoms with Gasteiger partial charge in [0.1, 0.15) is 5.82 Å². The van der Waals surface area contributed by atoms with Gasteiger partial charge in [0.2, 0.25) is 5.95 Å². The van der Waals surface area contributed by atoms with Crippen LogP contribution in [0.5, 0.6) is 0 Å². The van der Waals surface area contributed by atoms with Crippen LogP contribution >= 0.6 is 11.3 Å². The van der Waals surface area contributed by atoms with Gasteiger partial charge in [-0.2, -0.15) is 0 Å². The monoisotopic (exact) mass is 685 g/mol. The molecule has 0 amide bonds. The molecule has 0 unspecified atom stereocenters. The van der Waals surface area contributed by atoms with Crippen LogP contribution in [0, 0.1) is 23.3 Å². The predicted octanol–water partition coefficient (Wildman–Crippen LogP) is 6.72. The summed E-state index contributed by atoms with van der Waals surface area (Å²) in [6.45, 7) is 5.83. The van der Waals surface area contributed by atoms with Crippen LogP contribution in [0.25, 0.3) is 21.8 Å². The molecule has 3 aromatic heterocycles. The van der Waals surface area contributed by atoms with Crippen molar-refractivity contribution in [3.05, 3.63) is 89.2 Å². The summed E-state index contributed by atoms with van der Waals surface area (Å²) in [5, 5.41) is 3.60.